The molecule has 1 fully saturated rings. The molecule has 1 amide bonds. The topological polar surface area (TPSA) is 134 Å². The molecular weight excluding hydrogens is 637 g/mol. The molecular formula is C34H49F3N10O2. The van der Waals surface area contributed by atoms with Crippen molar-refractivity contribution < 1.29 is 22.8 Å². The number of nitrogens with zero attached hydrogens (tertiary/aromatic N) is 6. The number of hydroxylamine groups is 1. The first-order valence-corrected chi connectivity index (χ1v) is 17.4. The maximum absolute atomic E-state index is 14.3. The Bertz CT molecular complexity index is 1540. The van der Waals surface area contributed by atoms with Gasteiger partial charge in [0.25, 0.3) is 5.91 Å². The van der Waals surface area contributed by atoms with E-state index in [2.05, 4.69) is 62.3 Å². The van der Waals surface area contributed by atoms with Crippen LogP contribution >= 0.6 is 0 Å². The summed E-state index contributed by atoms with van der Waals surface area (Å²) in [5.74, 6) is 0.873. The van der Waals surface area contributed by atoms with Gasteiger partial charge in [0, 0.05) is 44.4 Å². The Morgan fingerprint density at radius 2 is 1.80 bits per heavy atom. The van der Waals surface area contributed by atoms with Crippen LogP contribution in [0.15, 0.2) is 36.8 Å². The summed E-state index contributed by atoms with van der Waals surface area (Å²) in [6, 6.07) is 6.73. The SMILES string of the molecule is CCCCC1(CCCC)NOC(CCCC)(C(=O)NC2CCN(CC(F)(F)F)Cc3cc(-c4ncnc(Nc5ccn(C)n5)n4)ccc32)N1. The Balaban J connectivity index is 1.43. The van der Waals surface area contributed by atoms with Crippen molar-refractivity contribution in [3.63, 3.8) is 0 Å². The maximum atomic E-state index is 14.3. The van der Waals surface area contributed by atoms with E-state index in [1.54, 1.807) is 24.0 Å². The van der Waals surface area contributed by atoms with Crippen LogP contribution in [0.4, 0.5) is 24.9 Å². The number of carbonyl (C=O) groups excluding carboxylic acids is 1. The molecule has 3 aromatic rings. The Hall–Kier alpha value is -3.66. The van der Waals surface area contributed by atoms with E-state index in [-0.39, 0.29) is 24.9 Å². The molecule has 2 aliphatic rings. The summed E-state index contributed by atoms with van der Waals surface area (Å²) in [4.78, 5) is 35.0. The number of nitrogens with one attached hydrogen (secondary N) is 4. The fourth-order valence-corrected chi connectivity index (χ4v) is 6.60. The van der Waals surface area contributed by atoms with Crippen LogP contribution < -0.4 is 21.4 Å². The van der Waals surface area contributed by atoms with E-state index >= 15 is 0 Å². The van der Waals surface area contributed by atoms with Gasteiger partial charge in [-0.25, -0.2) is 9.97 Å². The number of halogens is 3. The van der Waals surface area contributed by atoms with Crippen LogP contribution in [0.3, 0.4) is 0 Å². The second-order valence-electron chi connectivity index (χ2n) is 13.2. The third kappa shape index (κ3) is 9.32. The lowest BCUT2D eigenvalue weighted by molar-refractivity contribution is -0.153. The van der Waals surface area contributed by atoms with Crippen molar-refractivity contribution in [1.29, 1.82) is 0 Å². The fraction of sp³-hybridized carbons (Fsp3) is 0.618. The molecule has 2 aromatic heterocycles. The van der Waals surface area contributed by atoms with Crippen LogP contribution in [0.5, 0.6) is 0 Å². The number of anilines is 2. The number of alkyl halides is 3. The predicted octanol–water partition coefficient (Wildman–Crippen LogP) is 6.03. The van der Waals surface area contributed by atoms with E-state index < -0.39 is 30.2 Å². The van der Waals surface area contributed by atoms with Crippen molar-refractivity contribution in [3.8, 4) is 11.4 Å². The molecule has 49 heavy (non-hydrogen) atoms. The summed E-state index contributed by atoms with van der Waals surface area (Å²) in [5, 5.41) is 14.1. The summed E-state index contributed by atoms with van der Waals surface area (Å²) in [6.07, 6.45) is 6.72. The van der Waals surface area contributed by atoms with E-state index in [9.17, 15) is 18.0 Å². The number of fused-ring (bicyclic) bond motifs is 1. The van der Waals surface area contributed by atoms with E-state index in [4.69, 9.17) is 4.84 Å². The smallest absolute Gasteiger partial charge is 0.345 e. The molecule has 0 bridgehead atoms. The van der Waals surface area contributed by atoms with Crippen molar-refractivity contribution in [2.75, 3.05) is 18.4 Å². The minimum atomic E-state index is -4.38. The molecule has 2 unspecified atom stereocenters. The highest BCUT2D eigenvalue weighted by atomic mass is 19.4. The normalized spacial score (nSPS) is 20.9. The first kappa shape index (κ1) is 36.6. The predicted molar refractivity (Wildman–Crippen MR) is 180 cm³/mol. The van der Waals surface area contributed by atoms with Gasteiger partial charge in [-0.3, -0.25) is 24.5 Å². The first-order valence-electron chi connectivity index (χ1n) is 17.4. The number of benzene rings is 1. The summed E-state index contributed by atoms with van der Waals surface area (Å²) < 4.78 is 42.6. The monoisotopic (exact) mass is 686 g/mol. The zero-order valence-corrected chi connectivity index (χ0v) is 28.9. The van der Waals surface area contributed by atoms with E-state index in [1.807, 2.05) is 18.2 Å². The molecule has 12 nitrogen and oxygen atoms in total. The van der Waals surface area contributed by atoms with Crippen molar-refractivity contribution in [2.45, 2.75) is 115 Å². The standard InChI is InChI=1S/C34H49F3N10O2/c1-5-8-15-32(16-9-6-2)44-33(49-45-32,17-10-7-3)30(48)40-27-13-19-47(22-34(35,36)37)21-25-20-24(11-12-26(25)27)29-38-23-39-31(42-29)41-28-14-18-46(4)43-28/h11-12,14,18,20,23,27,44-45H,5-10,13,15-17,19,21-22H2,1-4H3,(H,40,48)(H,38,39,41,42,43). The molecule has 4 heterocycles. The van der Waals surface area contributed by atoms with Crippen molar-refractivity contribution in [3.05, 3.63) is 47.9 Å². The summed E-state index contributed by atoms with van der Waals surface area (Å²) in [5.41, 5.74) is 3.42. The second kappa shape index (κ2) is 15.9. The summed E-state index contributed by atoms with van der Waals surface area (Å²) >= 11 is 0. The zero-order valence-electron chi connectivity index (χ0n) is 28.9. The van der Waals surface area contributed by atoms with E-state index in [0.717, 1.165) is 56.9 Å². The van der Waals surface area contributed by atoms with Gasteiger partial charge in [0.05, 0.1) is 18.2 Å². The minimum Gasteiger partial charge on any atom is -0.345 e. The number of carbonyl (C=O) groups is 1. The largest absolute Gasteiger partial charge is 0.401 e. The molecule has 4 N–H and O–H groups in total. The lowest BCUT2D eigenvalue weighted by atomic mass is 9.93. The highest BCUT2D eigenvalue weighted by Gasteiger charge is 2.53. The van der Waals surface area contributed by atoms with Gasteiger partial charge >= 0.3 is 6.18 Å². The number of amides is 1. The Morgan fingerprint density at radius 3 is 2.47 bits per heavy atom. The van der Waals surface area contributed by atoms with Crippen LogP contribution in [0.2, 0.25) is 0 Å². The number of hydrogen-bond acceptors (Lipinski definition) is 10. The first-order chi connectivity index (χ1) is 23.5. The third-order valence-corrected chi connectivity index (χ3v) is 9.16. The zero-order chi connectivity index (χ0) is 35.1. The molecule has 0 saturated carbocycles. The van der Waals surface area contributed by atoms with Crippen molar-refractivity contribution >= 4 is 17.7 Å². The Labute approximate surface area is 286 Å². The second-order valence-corrected chi connectivity index (χ2v) is 13.2. The lowest BCUT2D eigenvalue weighted by Gasteiger charge is -2.33. The number of rotatable bonds is 15. The fourth-order valence-electron chi connectivity index (χ4n) is 6.60. The highest BCUT2D eigenvalue weighted by Crippen LogP contribution is 2.35. The third-order valence-electron chi connectivity index (χ3n) is 9.16. The molecule has 15 heteroatoms. The molecule has 0 spiro atoms. The minimum absolute atomic E-state index is 0.0492. The number of aromatic nitrogens is 5. The van der Waals surface area contributed by atoms with Crippen molar-refractivity contribution in [1.82, 2.24) is 45.7 Å². The van der Waals surface area contributed by atoms with Crippen LogP contribution in [-0.2, 0) is 23.2 Å². The van der Waals surface area contributed by atoms with E-state index in [0.29, 0.717) is 35.6 Å². The van der Waals surface area contributed by atoms with Gasteiger partial charge in [0.15, 0.2) is 11.6 Å². The Kier molecular flexibility index (Phi) is 11.9. The van der Waals surface area contributed by atoms with Gasteiger partial charge in [-0.1, -0.05) is 65.0 Å². The molecule has 1 saturated heterocycles. The van der Waals surface area contributed by atoms with Gasteiger partial charge < -0.3 is 10.6 Å². The quantitative estimate of drug-likeness (QED) is 0.150. The molecule has 5 rings (SSSR count). The van der Waals surface area contributed by atoms with Gasteiger partial charge in [0.2, 0.25) is 11.7 Å². The number of hydrogen-bond donors (Lipinski definition) is 4. The molecule has 2 atom stereocenters. The van der Waals surface area contributed by atoms with Gasteiger partial charge in [0.1, 0.15) is 6.33 Å². The van der Waals surface area contributed by atoms with Crippen LogP contribution in [0, 0.1) is 0 Å². The van der Waals surface area contributed by atoms with Crippen LogP contribution in [0.25, 0.3) is 11.4 Å². The maximum Gasteiger partial charge on any atom is 0.401 e. The van der Waals surface area contributed by atoms with Gasteiger partial charge in [-0.15, -0.1) is 0 Å². The van der Waals surface area contributed by atoms with Crippen LogP contribution in [0.1, 0.15) is 102 Å². The number of unbranched alkanes of at least 4 members (excludes halogenated alkanes) is 3. The summed E-state index contributed by atoms with van der Waals surface area (Å²) in [6.45, 7) is 5.46. The van der Waals surface area contributed by atoms with Crippen molar-refractivity contribution in [2.24, 2.45) is 7.05 Å². The van der Waals surface area contributed by atoms with Crippen LogP contribution in [-0.4, -0.2) is 66.2 Å². The lowest BCUT2D eigenvalue weighted by Crippen LogP contribution is -2.60. The molecule has 0 radical (unpaired) electrons. The molecule has 268 valence electrons. The molecule has 1 aromatic carbocycles. The average molecular weight is 687 g/mol. The van der Waals surface area contributed by atoms with Gasteiger partial charge in [-0.05, 0) is 42.9 Å². The summed E-state index contributed by atoms with van der Waals surface area (Å²) in [7, 11) is 1.80. The Morgan fingerprint density at radius 1 is 1.06 bits per heavy atom. The van der Waals surface area contributed by atoms with Gasteiger partial charge in [-0.2, -0.15) is 28.7 Å². The average Bonchev–Trinajstić information content (AvgIpc) is 3.61. The highest BCUT2D eigenvalue weighted by molar-refractivity contribution is 5.85. The number of aryl methyl sites for hydroxylation is 1. The molecule has 0 aliphatic carbocycles. The van der Waals surface area contributed by atoms with E-state index in [1.165, 1.54) is 11.2 Å². The molecule has 2 aliphatic heterocycles.